The molecule has 1 aromatic carbocycles. The number of pyridine rings is 1. The summed E-state index contributed by atoms with van der Waals surface area (Å²) in [6, 6.07) is 10.3. The van der Waals surface area contributed by atoms with E-state index in [1.54, 1.807) is 7.11 Å². The van der Waals surface area contributed by atoms with Crippen molar-refractivity contribution in [2.45, 2.75) is 38.8 Å². The standard InChI is InChI=1S/C22H23N5O2S/c1-14-20(30-13-23-14)22-26-25-21(29-22)19-5-3-4-10-27(19)12-16-7-6-15-11-17(28-2)8-9-18(15)24-16/h6-9,11,13,19H,3-5,10,12H2,1-2H3/t19-/m0/s1. The molecule has 0 N–H and O–H groups in total. The molecule has 0 radical (unpaired) electrons. The van der Waals surface area contributed by atoms with Crippen LogP contribution in [-0.4, -0.2) is 38.7 Å². The smallest absolute Gasteiger partial charge is 0.259 e. The van der Waals surface area contributed by atoms with Gasteiger partial charge in [-0.25, -0.2) is 4.98 Å². The topological polar surface area (TPSA) is 77.2 Å². The maximum atomic E-state index is 6.08. The third-order valence-electron chi connectivity index (χ3n) is 5.60. The van der Waals surface area contributed by atoms with E-state index in [1.165, 1.54) is 11.3 Å². The molecule has 0 bridgehead atoms. The fraction of sp³-hybridized carbons (Fsp3) is 0.364. The Labute approximate surface area is 178 Å². The van der Waals surface area contributed by atoms with Gasteiger partial charge in [0.2, 0.25) is 5.89 Å². The monoisotopic (exact) mass is 421 g/mol. The molecule has 0 saturated carbocycles. The molecule has 0 unspecified atom stereocenters. The Morgan fingerprint density at radius 3 is 2.97 bits per heavy atom. The Kier molecular flexibility index (Phi) is 5.18. The molecule has 8 heteroatoms. The van der Waals surface area contributed by atoms with E-state index in [1.807, 2.05) is 30.6 Å². The lowest BCUT2D eigenvalue weighted by molar-refractivity contribution is 0.117. The van der Waals surface area contributed by atoms with E-state index in [4.69, 9.17) is 14.1 Å². The van der Waals surface area contributed by atoms with Crippen LogP contribution in [0, 0.1) is 6.92 Å². The van der Waals surface area contributed by atoms with E-state index in [-0.39, 0.29) is 6.04 Å². The zero-order valence-electron chi connectivity index (χ0n) is 17.0. The number of fused-ring (bicyclic) bond motifs is 1. The van der Waals surface area contributed by atoms with Gasteiger partial charge in [0.15, 0.2) is 0 Å². The number of piperidine rings is 1. The molecule has 7 nitrogen and oxygen atoms in total. The van der Waals surface area contributed by atoms with Crippen LogP contribution in [0.15, 0.2) is 40.3 Å². The van der Waals surface area contributed by atoms with Gasteiger partial charge in [-0.3, -0.25) is 9.88 Å². The molecule has 1 fully saturated rings. The van der Waals surface area contributed by atoms with Crippen molar-refractivity contribution in [1.29, 1.82) is 0 Å². The van der Waals surface area contributed by atoms with Crippen LogP contribution in [0.2, 0.25) is 0 Å². The molecule has 0 spiro atoms. The van der Waals surface area contributed by atoms with Gasteiger partial charge in [-0.15, -0.1) is 21.5 Å². The molecule has 1 saturated heterocycles. The second-order valence-corrected chi connectivity index (χ2v) is 8.41. The number of nitrogens with zero attached hydrogens (tertiary/aromatic N) is 5. The molecule has 1 aliphatic heterocycles. The van der Waals surface area contributed by atoms with Crippen molar-refractivity contribution in [3.05, 3.63) is 53.1 Å². The maximum absolute atomic E-state index is 6.08. The lowest BCUT2D eigenvalue weighted by Gasteiger charge is -2.33. The van der Waals surface area contributed by atoms with Crippen LogP contribution in [0.4, 0.5) is 0 Å². The Balaban J connectivity index is 1.39. The van der Waals surface area contributed by atoms with Gasteiger partial charge in [0.25, 0.3) is 5.89 Å². The van der Waals surface area contributed by atoms with E-state index in [9.17, 15) is 0 Å². The predicted octanol–water partition coefficient (Wildman–Crippen LogP) is 4.79. The molecule has 3 aromatic heterocycles. The van der Waals surface area contributed by atoms with Gasteiger partial charge in [-0.2, -0.15) is 0 Å². The van der Waals surface area contributed by atoms with Gasteiger partial charge < -0.3 is 9.15 Å². The number of hydrogen-bond donors (Lipinski definition) is 0. The summed E-state index contributed by atoms with van der Waals surface area (Å²) in [5, 5.41) is 9.76. The second kappa shape index (κ2) is 8.12. The van der Waals surface area contributed by atoms with Gasteiger partial charge in [0, 0.05) is 11.9 Å². The highest BCUT2D eigenvalue weighted by atomic mass is 32.1. The summed E-state index contributed by atoms with van der Waals surface area (Å²) in [6.45, 7) is 3.71. The minimum atomic E-state index is 0.113. The SMILES string of the molecule is COc1ccc2nc(CN3CCCC[C@H]3c3nnc(-c4scnc4C)o3)ccc2c1. The average Bonchev–Trinajstić information content (AvgIpc) is 3.42. The molecule has 0 aliphatic carbocycles. The molecule has 154 valence electrons. The maximum Gasteiger partial charge on any atom is 0.259 e. The van der Waals surface area contributed by atoms with Crippen molar-refractivity contribution < 1.29 is 9.15 Å². The predicted molar refractivity (Wildman–Crippen MR) is 115 cm³/mol. The Bertz CT molecular complexity index is 1170. The quantitative estimate of drug-likeness (QED) is 0.459. The summed E-state index contributed by atoms with van der Waals surface area (Å²) >= 11 is 1.53. The molecule has 4 aromatic rings. The summed E-state index contributed by atoms with van der Waals surface area (Å²) in [5.74, 6) is 2.09. The Morgan fingerprint density at radius 1 is 1.20 bits per heavy atom. The molecular weight excluding hydrogens is 398 g/mol. The van der Waals surface area contributed by atoms with Gasteiger partial charge in [-0.05, 0) is 50.6 Å². The third kappa shape index (κ3) is 3.68. The highest BCUT2D eigenvalue weighted by Gasteiger charge is 2.29. The summed E-state index contributed by atoms with van der Waals surface area (Å²) in [6.07, 6.45) is 3.33. The molecule has 4 heterocycles. The van der Waals surface area contributed by atoms with Crippen LogP contribution in [0.5, 0.6) is 5.75 Å². The molecule has 30 heavy (non-hydrogen) atoms. The Morgan fingerprint density at radius 2 is 2.13 bits per heavy atom. The van der Waals surface area contributed by atoms with Crippen LogP contribution in [-0.2, 0) is 6.54 Å². The van der Waals surface area contributed by atoms with Crippen molar-refractivity contribution >= 4 is 22.2 Å². The first-order valence-electron chi connectivity index (χ1n) is 10.1. The molecule has 0 amide bonds. The van der Waals surface area contributed by atoms with E-state index in [2.05, 4.69) is 32.2 Å². The van der Waals surface area contributed by atoms with Crippen LogP contribution >= 0.6 is 11.3 Å². The lowest BCUT2D eigenvalue weighted by Crippen LogP contribution is -2.33. The fourth-order valence-electron chi connectivity index (χ4n) is 4.00. The summed E-state index contributed by atoms with van der Waals surface area (Å²) < 4.78 is 11.4. The van der Waals surface area contributed by atoms with Crippen LogP contribution in [0.25, 0.3) is 21.7 Å². The molecule has 5 rings (SSSR count). The van der Waals surface area contributed by atoms with Gasteiger partial charge in [-0.1, -0.05) is 12.5 Å². The number of hydrogen-bond acceptors (Lipinski definition) is 8. The molecule has 1 aliphatic rings. The number of methoxy groups -OCH3 is 1. The zero-order chi connectivity index (χ0) is 20.5. The van der Waals surface area contributed by atoms with Crippen molar-refractivity contribution in [3.8, 4) is 16.5 Å². The number of thiazole rings is 1. The first-order chi connectivity index (χ1) is 14.7. The van der Waals surface area contributed by atoms with E-state index in [0.717, 1.165) is 65.3 Å². The summed E-state index contributed by atoms with van der Waals surface area (Å²) in [4.78, 5) is 12.5. The number of likely N-dealkylation sites (tertiary alicyclic amines) is 1. The number of rotatable bonds is 5. The van der Waals surface area contributed by atoms with Crippen LogP contribution in [0.3, 0.4) is 0 Å². The molecule has 1 atom stereocenters. The second-order valence-electron chi connectivity index (χ2n) is 7.56. The zero-order valence-corrected chi connectivity index (χ0v) is 17.9. The first-order valence-corrected chi connectivity index (χ1v) is 11.0. The number of benzene rings is 1. The van der Waals surface area contributed by atoms with Gasteiger partial charge in [0.05, 0.1) is 35.6 Å². The third-order valence-corrected chi connectivity index (χ3v) is 6.51. The minimum Gasteiger partial charge on any atom is -0.497 e. The summed E-state index contributed by atoms with van der Waals surface area (Å²) in [7, 11) is 1.68. The largest absolute Gasteiger partial charge is 0.497 e. The van der Waals surface area contributed by atoms with E-state index < -0.39 is 0 Å². The highest BCUT2D eigenvalue weighted by Crippen LogP contribution is 2.34. The van der Waals surface area contributed by atoms with Crippen molar-refractivity contribution in [2.75, 3.05) is 13.7 Å². The fourth-order valence-corrected chi connectivity index (χ4v) is 4.72. The Hall–Kier alpha value is -2.84. The van der Waals surface area contributed by atoms with E-state index in [0.29, 0.717) is 11.8 Å². The molecular formula is C22H23N5O2S. The van der Waals surface area contributed by atoms with Gasteiger partial charge in [0.1, 0.15) is 10.6 Å². The normalized spacial score (nSPS) is 17.5. The number of aryl methyl sites for hydroxylation is 1. The van der Waals surface area contributed by atoms with Crippen molar-refractivity contribution in [1.82, 2.24) is 25.1 Å². The minimum absolute atomic E-state index is 0.113. The van der Waals surface area contributed by atoms with Crippen molar-refractivity contribution in [3.63, 3.8) is 0 Å². The van der Waals surface area contributed by atoms with Crippen LogP contribution in [0.1, 0.15) is 42.6 Å². The summed E-state index contributed by atoms with van der Waals surface area (Å²) in [5.41, 5.74) is 4.75. The lowest BCUT2D eigenvalue weighted by atomic mass is 10.0. The van der Waals surface area contributed by atoms with E-state index >= 15 is 0 Å². The van der Waals surface area contributed by atoms with Crippen molar-refractivity contribution in [2.24, 2.45) is 0 Å². The highest BCUT2D eigenvalue weighted by molar-refractivity contribution is 7.13. The first kappa shape index (κ1) is 19.1. The van der Waals surface area contributed by atoms with Crippen LogP contribution < -0.4 is 4.74 Å². The average molecular weight is 422 g/mol. The number of ether oxygens (including phenoxy) is 1. The number of aromatic nitrogens is 4. The van der Waals surface area contributed by atoms with Gasteiger partial charge >= 0.3 is 0 Å².